The van der Waals surface area contributed by atoms with Gasteiger partial charge in [-0.1, -0.05) is 11.6 Å². The van der Waals surface area contributed by atoms with Gasteiger partial charge in [-0.25, -0.2) is 0 Å². The molecule has 0 aromatic heterocycles. The van der Waals surface area contributed by atoms with E-state index in [1.54, 1.807) is 0 Å². The second-order valence-corrected chi connectivity index (χ2v) is 4.59. The second-order valence-electron chi connectivity index (χ2n) is 4.19. The van der Waals surface area contributed by atoms with Crippen LogP contribution in [-0.4, -0.2) is 30.5 Å². The summed E-state index contributed by atoms with van der Waals surface area (Å²) in [6.45, 7) is 0.950. The van der Waals surface area contributed by atoms with Gasteiger partial charge in [-0.05, 0) is 12.5 Å². The molecule has 1 fully saturated rings. The molecule has 1 atom stereocenters. The number of carbonyl (C=O) groups is 1. The highest BCUT2D eigenvalue weighted by molar-refractivity contribution is 6.32. The van der Waals surface area contributed by atoms with Crippen LogP contribution in [0.2, 0.25) is 5.02 Å². The summed E-state index contributed by atoms with van der Waals surface area (Å²) in [5, 5.41) is 10.6. The molecule has 19 heavy (non-hydrogen) atoms. The average Bonchev–Trinajstić information content (AvgIpc) is 2.89. The van der Waals surface area contributed by atoms with E-state index in [2.05, 4.69) is 0 Å². The molecule has 1 heterocycles. The molecule has 1 aromatic rings. The third kappa shape index (κ3) is 3.42. The van der Waals surface area contributed by atoms with E-state index in [0.29, 0.717) is 25.4 Å². The maximum Gasteiger partial charge on any atom is 0.288 e. The van der Waals surface area contributed by atoms with Crippen LogP contribution in [0.4, 0.5) is 5.69 Å². The Kier molecular flexibility index (Phi) is 4.34. The minimum absolute atomic E-state index is 0.0147. The Morgan fingerprint density at radius 3 is 2.95 bits per heavy atom. The van der Waals surface area contributed by atoms with Crippen molar-refractivity contribution >= 4 is 23.1 Å². The van der Waals surface area contributed by atoms with Crippen molar-refractivity contribution in [2.75, 3.05) is 19.8 Å². The average molecular weight is 286 g/mol. The zero-order chi connectivity index (χ0) is 13.8. The molecule has 0 radical (unpaired) electrons. The lowest BCUT2D eigenvalue weighted by atomic mass is 10.0. The highest BCUT2D eigenvalue weighted by Crippen LogP contribution is 2.28. The van der Waals surface area contributed by atoms with Gasteiger partial charge in [-0.3, -0.25) is 14.9 Å². The van der Waals surface area contributed by atoms with Gasteiger partial charge in [-0.2, -0.15) is 0 Å². The van der Waals surface area contributed by atoms with Gasteiger partial charge >= 0.3 is 0 Å². The van der Waals surface area contributed by atoms with Gasteiger partial charge in [0, 0.05) is 24.7 Å². The number of rotatable bonds is 5. The van der Waals surface area contributed by atoms with E-state index < -0.39 is 4.92 Å². The summed E-state index contributed by atoms with van der Waals surface area (Å²) in [5.74, 6) is 0.184. The van der Waals surface area contributed by atoms with Gasteiger partial charge in [0.1, 0.15) is 17.4 Å². The number of carbonyl (C=O) groups excluding carboxylic acids is 1. The molecular weight excluding hydrogens is 274 g/mol. The molecule has 1 aliphatic rings. The molecule has 102 valence electrons. The van der Waals surface area contributed by atoms with Crippen LogP contribution in [0, 0.1) is 16.0 Å². The summed E-state index contributed by atoms with van der Waals surface area (Å²) < 4.78 is 10.4. The number of ether oxygens (including phenoxy) is 2. The number of halogens is 1. The predicted octanol–water partition coefficient (Wildman–Crippen LogP) is 2.23. The summed E-state index contributed by atoms with van der Waals surface area (Å²) in [7, 11) is 0. The first-order valence-electron chi connectivity index (χ1n) is 5.75. The van der Waals surface area contributed by atoms with Crippen molar-refractivity contribution in [3.63, 3.8) is 0 Å². The third-order valence-corrected chi connectivity index (χ3v) is 3.18. The van der Waals surface area contributed by atoms with Crippen LogP contribution >= 0.6 is 11.6 Å². The smallest absolute Gasteiger partial charge is 0.288 e. The Morgan fingerprint density at radius 2 is 2.37 bits per heavy atom. The molecule has 0 spiro atoms. The van der Waals surface area contributed by atoms with E-state index in [-0.39, 0.29) is 29.0 Å². The summed E-state index contributed by atoms with van der Waals surface area (Å²) >= 11 is 5.74. The number of hydrogen-bond acceptors (Lipinski definition) is 5. The molecule has 0 saturated carbocycles. The van der Waals surface area contributed by atoms with Crippen molar-refractivity contribution in [2.24, 2.45) is 5.92 Å². The molecule has 7 heteroatoms. The first-order chi connectivity index (χ1) is 9.08. The number of nitro benzene ring substituents is 1. The lowest BCUT2D eigenvalue weighted by molar-refractivity contribution is -0.384. The van der Waals surface area contributed by atoms with Gasteiger partial charge in [0.15, 0.2) is 5.78 Å². The zero-order valence-electron chi connectivity index (χ0n) is 10.0. The first kappa shape index (κ1) is 13.8. The number of nitro groups is 1. The zero-order valence-corrected chi connectivity index (χ0v) is 10.8. The van der Waals surface area contributed by atoms with Gasteiger partial charge in [0.25, 0.3) is 5.69 Å². The summed E-state index contributed by atoms with van der Waals surface area (Å²) in [5.41, 5.74) is -0.190. The maximum atomic E-state index is 11.7. The Labute approximate surface area is 114 Å². The Morgan fingerprint density at radius 1 is 1.58 bits per heavy atom. The SMILES string of the molecule is O=C(COc1ccc([N+](=O)[O-])c(Cl)c1)C1CCOC1. The van der Waals surface area contributed by atoms with E-state index in [4.69, 9.17) is 21.1 Å². The molecule has 1 aliphatic heterocycles. The highest BCUT2D eigenvalue weighted by Gasteiger charge is 2.23. The topological polar surface area (TPSA) is 78.7 Å². The van der Waals surface area contributed by atoms with Crippen LogP contribution in [0.3, 0.4) is 0 Å². The van der Waals surface area contributed by atoms with Gasteiger partial charge in [0.2, 0.25) is 0 Å². The molecule has 1 aromatic carbocycles. The van der Waals surface area contributed by atoms with Crippen molar-refractivity contribution in [1.82, 2.24) is 0 Å². The van der Waals surface area contributed by atoms with Crippen LogP contribution in [0.1, 0.15) is 6.42 Å². The number of ketones is 1. The van der Waals surface area contributed by atoms with E-state index in [9.17, 15) is 14.9 Å². The minimum atomic E-state index is -0.576. The molecule has 1 unspecified atom stereocenters. The van der Waals surface area contributed by atoms with Crippen molar-refractivity contribution in [3.8, 4) is 5.75 Å². The van der Waals surface area contributed by atoms with Crippen molar-refractivity contribution < 1.29 is 19.2 Å². The molecule has 0 amide bonds. The van der Waals surface area contributed by atoms with Gasteiger partial charge < -0.3 is 9.47 Å². The van der Waals surface area contributed by atoms with E-state index in [1.807, 2.05) is 0 Å². The van der Waals surface area contributed by atoms with E-state index in [1.165, 1.54) is 18.2 Å². The molecular formula is C12H12ClNO5. The number of nitrogens with zero attached hydrogens (tertiary/aromatic N) is 1. The number of Topliss-reactive ketones (excluding diaryl/α,β-unsaturated/α-hetero) is 1. The molecule has 2 rings (SSSR count). The number of hydrogen-bond donors (Lipinski definition) is 0. The summed E-state index contributed by atoms with van der Waals surface area (Å²) in [4.78, 5) is 21.7. The van der Waals surface area contributed by atoms with Gasteiger partial charge in [-0.15, -0.1) is 0 Å². The molecule has 0 N–H and O–H groups in total. The molecule has 0 bridgehead atoms. The van der Waals surface area contributed by atoms with Crippen molar-refractivity contribution in [2.45, 2.75) is 6.42 Å². The normalized spacial score (nSPS) is 18.3. The highest BCUT2D eigenvalue weighted by atomic mass is 35.5. The van der Waals surface area contributed by atoms with Crippen LogP contribution < -0.4 is 4.74 Å². The number of benzene rings is 1. The molecule has 0 aliphatic carbocycles. The minimum Gasteiger partial charge on any atom is -0.486 e. The predicted molar refractivity (Wildman–Crippen MR) is 67.5 cm³/mol. The Bertz CT molecular complexity index is 499. The fourth-order valence-corrected chi connectivity index (χ4v) is 2.03. The molecule has 6 nitrogen and oxygen atoms in total. The lowest BCUT2D eigenvalue weighted by Crippen LogP contribution is -2.21. The fourth-order valence-electron chi connectivity index (χ4n) is 1.79. The Balaban J connectivity index is 1.94. The maximum absolute atomic E-state index is 11.7. The monoisotopic (exact) mass is 285 g/mol. The largest absolute Gasteiger partial charge is 0.486 e. The van der Waals surface area contributed by atoms with Crippen LogP contribution in [-0.2, 0) is 9.53 Å². The van der Waals surface area contributed by atoms with Crippen LogP contribution in [0.25, 0.3) is 0 Å². The lowest BCUT2D eigenvalue weighted by Gasteiger charge is -2.09. The second kappa shape index (κ2) is 5.99. The summed E-state index contributed by atoms with van der Waals surface area (Å²) in [6, 6.07) is 4.00. The standard InChI is InChI=1S/C12H12ClNO5/c13-10-5-9(1-2-11(10)14(16)17)19-7-12(15)8-3-4-18-6-8/h1-2,5,8H,3-4,6-7H2. The summed E-state index contributed by atoms with van der Waals surface area (Å²) in [6.07, 6.45) is 0.712. The first-order valence-corrected chi connectivity index (χ1v) is 6.13. The fraction of sp³-hybridized carbons (Fsp3) is 0.417. The third-order valence-electron chi connectivity index (χ3n) is 2.88. The molecule has 1 saturated heterocycles. The Hall–Kier alpha value is -1.66. The van der Waals surface area contributed by atoms with Crippen LogP contribution in [0.5, 0.6) is 5.75 Å². The van der Waals surface area contributed by atoms with Crippen molar-refractivity contribution in [1.29, 1.82) is 0 Å². The quantitative estimate of drug-likeness (QED) is 0.612. The van der Waals surface area contributed by atoms with E-state index in [0.717, 1.165) is 0 Å². The van der Waals surface area contributed by atoms with Gasteiger partial charge in [0.05, 0.1) is 11.5 Å². The van der Waals surface area contributed by atoms with Crippen molar-refractivity contribution in [3.05, 3.63) is 33.3 Å². The van der Waals surface area contributed by atoms with Crippen LogP contribution in [0.15, 0.2) is 18.2 Å². The van der Waals surface area contributed by atoms with E-state index >= 15 is 0 Å².